The third-order valence-electron chi connectivity index (χ3n) is 4.79. The first-order valence-electron chi connectivity index (χ1n) is 10.0. The Morgan fingerprint density at radius 2 is 1.68 bits per heavy atom. The van der Waals surface area contributed by atoms with Gasteiger partial charge in [-0.3, -0.25) is 4.79 Å². The third kappa shape index (κ3) is 5.24. The van der Waals surface area contributed by atoms with E-state index >= 15 is 0 Å². The zero-order valence-corrected chi connectivity index (χ0v) is 19.2. The summed E-state index contributed by atoms with van der Waals surface area (Å²) in [5.74, 6) is -0.189. The molecule has 0 saturated carbocycles. The number of rotatable bonds is 6. The van der Waals surface area contributed by atoms with Gasteiger partial charge in [0.05, 0.1) is 13.2 Å². The zero-order chi connectivity index (χ0) is 22.8. The monoisotopic (exact) mass is 440 g/mol. The molecular formula is C24H28N2O4S. The number of sulfonamides is 1. The van der Waals surface area contributed by atoms with Crippen molar-refractivity contribution in [3.8, 4) is 5.75 Å². The molecule has 3 rings (SSSR count). The molecule has 0 saturated heterocycles. The Labute approximate surface area is 183 Å². The summed E-state index contributed by atoms with van der Waals surface area (Å²) in [6.45, 7) is 7.15. The molecule has 1 atom stereocenters. The molecule has 0 bridgehead atoms. The number of benzene rings is 3. The van der Waals surface area contributed by atoms with E-state index < -0.39 is 15.6 Å². The lowest BCUT2D eigenvalue weighted by atomic mass is 9.99. The van der Waals surface area contributed by atoms with Crippen molar-refractivity contribution >= 4 is 26.7 Å². The van der Waals surface area contributed by atoms with Gasteiger partial charge in [0.1, 0.15) is 10.6 Å². The minimum atomic E-state index is -3.88. The van der Waals surface area contributed by atoms with E-state index in [2.05, 4.69) is 10.0 Å². The number of carbonyl (C=O) groups is 1. The molecule has 1 unspecified atom stereocenters. The maximum Gasteiger partial charge on any atom is 0.251 e. The van der Waals surface area contributed by atoms with Crippen molar-refractivity contribution in [1.29, 1.82) is 0 Å². The molecule has 0 aromatic heterocycles. The summed E-state index contributed by atoms with van der Waals surface area (Å²) in [4.78, 5) is 12.9. The summed E-state index contributed by atoms with van der Waals surface area (Å²) >= 11 is 0. The summed E-state index contributed by atoms with van der Waals surface area (Å²) < 4.78 is 33.6. The van der Waals surface area contributed by atoms with Crippen LogP contribution < -0.4 is 14.8 Å². The molecule has 0 fully saturated rings. The maximum atomic E-state index is 13.0. The topological polar surface area (TPSA) is 84.5 Å². The third-order valence-corrected chi connectivity index (χ3v) is 6.57. The van der Waals surface area contributed by atoms with Gasteiger partial charge in [-0.05, 0) is 62.2 Å². The number of nitrogens with one attached hydrogen (secondary N) is 2. The highest BCUT2D eigenvalue weighted by molar-refractivity contribution is 7.89. The number of hydrogen-bond acceptors (Lipinski definition) is 4. The van der Waals surface area contributed by atoms with E-state index in [0.29, 0.717) is 0 Å². The van der Waals surface area contributed by atoms with Crippen molar-refractivity contribution < 1.29 is 17.9 Å². The van der Waals surface area contributed by atoms with Gasteiger partial charge in [-0.1, -0.05) is 42.5 Å². The molecule has 31 heavy (non-hydrogen) atoms. The summed E-state index contributed by atoms with van der Waals surface area (Å²) in [7, 11) is -2.48. The van der Waals surface area contributed by atoms with Crippen molar-refractivity contribution in [1.82, 2.24) is 10.0 Å². The van der Waals surface area contributed by atoms with Crippen molar-refractivity contribution in [3.63, 3.8) is 0 Å². The van der Waals surface area contributed by atoms with Crippen LogP contribution in [0.3, 0.4) is 0 Å². The van der Waals surface area contributed by atoms with E-state index in [1.807, 2.05) is 49.4 Å². The molecule has 7 heteroatoms. The lowest BCUT2D eigenvalue weighted by Crippen LogP contribution is -2.40. The van der Waals surface area contributed by atoms with Crippen LogP contribution in [-0.2, 0) is 10.0 Å². The number of hydrogen-bond donors (Lipinski definition) is 2. The van der Waals surface area contributed by atoms with E-state index in [9.17, 15) is 13.2 Å². The van der Waals surface area contributed by atoms with Crippen LogP contribution in [0.2, 0.25) is 0 Å². The normalized spacial score (nSPS) is 13.1. The zero-order valence-electron chi connectivity index (χ0n) is 18.4. The van der Waals surface area contributed by atoms with E-state index in [1.165, 1.54) is 19.2 Å². The molecule has 3 aromatic rings. The first-order valence-corrected chi connectivity index (χ1v) is 11.5. The minimum Gasteiger partial charge on any atom is -0.495 e. The number of fused-ring (bicyclic) bond motifs is 1. The van der Waals surface area contributed by atoms with E-state index in [4.69, 9.17) is 4.74 Å². The molecular weight excluding hydrogens is 412 g/mol. The fourth-order valence-electron chi connectivity index (χ4n) is 3.47. The Kier molecular flexibility index (Phi) is 6.38. The van der Waals surface area contributed by atoms with Gasteiger partial charge in [-0.2, -0.15) is 0 Å². The molecule has 164 valence electrons. The number of carbonyl (C=O) groups excluding carboxylic acids is 1. The van der Waals surface area contributed by atoms with E-state index in [1.54, 1.807) is 26.8 Å². The minimum absolute atomic E-state index is 0.0737. The predicted molar refractivity (Wildman–Crippen MR) is 123 cm³/mol. The van der Waals surface area contributed by atoms with Crippen LogP contribution in [0.15, 0.2) is 65.6 Å². The highest BCUT2D eigenvalue weighted by atomic mass is 32.2. The van der Waals surface area contributed by atoms with Crippen molar-refractivity contribution in [3.05, 3.63) is 71.8 Å². The molecule has 2 N–H and O–H groups in total. The van der Waals surface area contributed by atoms with Crippen molar-refractivity contribution in [2.45, 2.75) is 44.2 Å². The second-order valence-corrected chi connectivity index (χ2v) is 10.1. The number of ether oxygens (including phenoxy) is 1. The highest BCUT2D eigenvalue weighted by Crippen LogP contribution is 2.27. The molecule has 0 spiro atoms. The molecule has 1 amide bonds. The van der Waals surface area contributed by atoms with Crippen LogP contribution in [0.5, 0.6) is 5.75 Å². The first-order chi connectivity index (χ1) is 14.5. The van der Waals surface area contributed by atoms with Gasteiger partial charge >= 0.3 is 0 Å². The molecule has 3 aromatic carbocycles. The maximum absolute atomic E-state index is 13.0. The Morgan fingerprint density at radius 3 is 2.35 bits per heavy atom. The fourth-order valence-corrected chi connectivity index (χ4v) is 5.09. The van der Waals surface area contributed by atoms with Gasteiger partial charge in [0.15, 0.2) is 0 Å². The van der Waals surface area contributed by atoms with Gasteiger partial charge in [-0.25, -0.2) is 13.1 Å². The Balaban J connectivity index is 1.91. The summed E-state index contributed by atoms with van der Waals surface area (Å²) in [5.41, 5.74) is 0.551. The first kappa shape index (κ1) is 22.8. The van der Waals surface area contributed by atoms with E-state index in [-0.39, 0.29) is 28.2 Å². The van der Waals surface area contributed by atoms with Crippen LogP contribution in [0.4, 0.5) is 0 Å². The smallest absolute Gasteiger partial charge is 0.251 e. The van der Waals surface area contributed by atoms with Crippen LogP contribution in [0.1, 0.15) is 49.7 Å². The average Bonchev–Trinajstić information content (AvgIpc) is 2.71. The molecule has 0 aliphatic heterocycles. The molecule has 6 nitrogen and oxygen atoms in total. The van der Waals surface area contributed by atoms with Gasteiger partial charge in [0, 0.05) is 11.1 Å². The predicted octanol–water partition coefficient (Wildman–Crippen LogP) is 4.42. The Morgan fingerprint density at radius 1 is 1.00 bits per heavy atom. The van der Waals surface area contributed by atoms with Gasteiger partial charge in [0.25, 0.3) is 5.91 Å². The fraction of sp³-hybridized carbons (Fsp3) is 0.292. The quantitative estimate of drug-likeness (QED) is 0.594. The molecule has 0 heterocycles. The molecule has 0 aliphatic carbocycles. The Bertz CT molecular complexity index is 1210. The largest absolute Gasteiger partial charge is 0.495 e. The standard InChI is InChI=1S/C24H28N2O4S/c1-16(19-12-8-10-17-9-6-7-11-20(17)19)25-23(27)18-13-14-21(30-5)22(15-18)31(28,29)26-24(2,3)4/h6-16,26H,1-5H3,(H,25,27). The average molecular weight is 441 g/mol. The van der Waals surface area contributed by atoms with Crippen LogP contribution in [0, 0.1) is 0 Å². The van der Waals surface area contributed by atoms with Crippen molar-refractivity contribution in [2.75, 3.05) is 7.11 Å². The Hall–Kier alpha value is -2.90. The number of amides is 1. The molecule has 0 radical (unpaired) electrons. The highest BCUT2D eigenvalue weighted by Gasteiger charge is 2.26. The van der Waals surface area contributed by atoms with Crippen LogP contribution in [0.25, 0.3) is 10.8 Å². The van der Waals surface area contributed by atoms with Gasteiger partial charge in [-0.15, -0.1) is 0 Å². The second kappa shape index (κ2) is 8.69. The second-order valence-electron chi connectivity index (χ2n) is 8.48. The van der Waals surface area contributed by atoms with Gasteiger partial charge in [0.2, 0.25) is 10.0 Å². The lowest BCUT2D eigenvalue weighted by molar-refractivity contribution is 0.0940. The van der Waals surface area contributed by atoms with Gasteiger partial charge < -0.3 is 10.1 Å². The van der Waals surface area contributed by atoms with Crippen LogP contribution in [-0.4, -0.2) is 27.0 Å². The summed E-state index contributed by atoms with van der Waals surface area (Å²) in [5, 5.41) is 5.12. The number of methoxy groups -OCH3 is 1. The van der Waals surface area contributed by atoms with E-state index in [0.717, 1.165) is 16.3 Å². The lowest BCUT2D eigenvalue weighted by Gasteiger charge is -2.22. The van der Waals surface area contributed by atoms with Crippen molar-refractivity contribution in [2.24, 2.45) is 0 Å². The molecule has 0 aliphatic rings. The summed E-state index contributed by atoms with van der Waals surface area (Å²) in [6.07, 6.45) is 0. The summed E-state index contributed by atoms with van der Waals surface area (Å²) in [6, 6.07) is 18.1. The SMILES string of the molecule is COc1ccc(C(=O)NC(C)c2cccc3ccccc23)cc1S(=O)(=O)NC(C)(C)C. The van der Waals surface area contributed by atoms with Crippen LogP contribution >= 0.6 is 0 Å².